The molecule has 32 heavy (non-hydrogen) atoms. The average molecular weight is 521 g/mol. The molecule has 1 aromatic heterocycles. The van der Waals surface area contributed by atoms with Gasteiger partial charge in [-0.3, -0.25) is 9.36 Å². The van der Waals surface area contributed by atoms with Crippen molar-refractivity contribution in [1.29, 1.82) is 0 Å². The van der Waals surface area contributed by atoms with E-state index >= 15 is 0 Å². The molecule has 9 heteroatoms. The fourth-order valence-corrected chi connectivity index (χ4v) is 5.12. The predicted molar refractivity (Wildman–Crippen MR) is 125 cm³/mol. The van der Waals surface area contributed by atoms with Crippen LogP contribution in [-0.4, -0.2) is 36.8 Å². The Labute approximate surface area is 195 Å². The van der Waals surface area contributed by atoms with Crippen LogP contribution in [0.4, 0.5) is 0 Å². The van der Waals surface area contributed by atoms with Gasteiger partial charge in [-0.25, -0.2) is 8.42 Å². The molecule has 0 bridgehead atoms. The summed E-state index contributed by atoms with van der Waals surface area (Å²) in [5.74, 6) is -0.320. The zero-order valence-electron chi connectivity index (χ0n) is 17.9. The summed E-state index contributed by atoms with van der Waals surface area (Å²) in [6.07, 6.45) is 1.97. The van der Waals surface area contributed by atoms with Crippen LogP contribution in [-0.2, 0) is 21.0 Å². The summed E-state index contributed by atoms with van der Waals surface area (Å²) in [5, 5.41) is 11.2. The molecule has 1 atom stereocenters. The molecule has 7 nitrogen and oxygen atoms in total. The SMILES string of the molecule is CCCCc1nc(=O)c(S(=O)(=O)c2ccc(Br)cc2)c(O)n1C(COC)c1ccccc1. The molecule has 3 rings (SSSR count). The van der Waals surface area contributed by atoms with Crippen molar-refractivity contribution >= 4 is 25.8 Å². The number of aromatic nitrogens is 2. The van der Waals surface area contributed by atoms with Gasteiger partial charge in [-0.2, -0.15) is 4.98 Å². The van der Waals surface area contributed by atoms with E-state index in [2.05, 4.69) is 20.9 Å². The van der Waals surface area contributed by atoms with Gasteiger partial charge in [0.05, 0.1) is 17.5 Å². The van der Waals surface area contributed by atoms with E-state index in [0.717, 1.165) is 18.4 Å². The van der Waals surface area contributed by atoms with E-state index < -0.39 is 32.2 Å². The highest BCUT2D eigenvalue weighted by Crippen LogP contribution is 2.32. The maximum Gasteiger partial charge on any atom is 0.296 e. The summed E-state index contributed by atoms with van der Waals surface area (Å²) in [4.78, 5) is 16.1. The van der Waals surface area contributed by atoms with Crippen LogP contribution < -0.4 is 5.56 Å². The van der Waals surface area contributed by atoms with Gasteiger partial charge in [0.1, 0.15) is 5.82 Å². The highest BCUT2D eigenvalue weighted by molar-refractivity contribution is 9.10. The van der Waals surface area contributed by atoms with Gasteiger partial charge < -0.3 is 9.84 Å². The minimum atomic E-state index is -4.31. The first kappa shape index (κ1) is 24.2. The van der Waals surface area contributed by atoms with Crippen LogP contribution in [0.15, 0.2) is 73.7 Å². The van der Waals surface area contributed by atoms with E-state index in [1.165, 1.54) is 23.8 Å². The Kier molecular flexibility index (Phi) is 7.86. The van der Waals surface area contributed by atoms with E-state index in [0.29, 0.717) is 16.7 Å². The molecule has 0 aliphatic heterocycles. The van der Waals surface area contributed by atoms with E-state index in [-0.39, 0.29) is 11.5 Å². The highest BCUT2D eigenvalue weighted by Gasteiger charge is 2.32. The second-order valence-electron chi connectivity index (χ2n) is 7.30. The first-order chi connectivity index (χ1) is 15.3. The Morgan fingerprint density at radius 2 is 1.78 bits per heavy atom. The molecular formula is C23H25BrN2O5S. The number of hydrogen-bond acceptors (Lipinski definition) is 6. The summed E-state index contributed by atoms with van der Waals surface area (Å²) < 4.78 is 34.1. The van der Waals surface area contributed by atoms with Gasteiger partial charge in [-0.1, -0.05) is 59.6 Å². The summed E-state index contributed by atoms with van der Waals surface area (Å²) in [6, 6.07) is 14.5. The number of sulfone groups is 1. The van der Waals surface area contributed by atoms with Gasteiger partial charge in [0.15, 0.2) is 4.90 Å². The number of nitrogens with zero attached hydrogens (tertiary/aromatic N) is 2. The molecule has 0 aliphatic rings. The first-order valence-electron chi connectivity index (χ1n) is 10.2. The van der Waals surface area contributed by atoms with Crippen molar-refractivity contribution < 1.29 is 18.3 Å². The Bertz CT molecular complexity index is 1230. The number of aromatic hydroxyl groups is 1. The molecule has 0 saturated heterocycles. The number of hydrogen-bond donors (Lipinski definition) is 1. The van der Waals surface area contributed by atoms with Crippen molar-refractivity contribution in [2.45, 2.75) is 42.0 Å². The molecule has 1 heterocycles. The molecule has 170 valence electrons. The third-order valence-electron chi connectivity index (χ3n) is 5.10. The zero-order chi connectivity index (χ0) is 23.3. The van der Waals surface area contributed by atoms with Gasteiger partial charge >= 0.3 is 0 Å². The lowest BCUT2D eigenvalue weighted by Crippen LogP contribution is -2.29. The van der Waals surface area contributed by atoms with Crippen LogP contribution in [0.2, 0.25) is 0 Å². The van der Waals surface area contributed by atoms with Gasteiger partial charge in [0, 0.05) is 18.0 Å². The second-order valence-corrected chi connectivity index (χ2v) is 10.1. The van der Waals surface area contributed by atoms with Crippen LogP contribution in [0.1, 0.15) is 37.2 Å². The Hall–Kier alpha value is -2.49. The van der Waals surface area contributed by atoms with Crippen LogP contribution in [0.5, 0.6) is 5.88 Å². The molecule has 0 spiro atoms. The summed E-state index contributed by atoms with van der Waals surface area (Å²) >= 11 is 3.27. The molecule has 0 saturated carbocycles. The number of rotatable bonds is 9. The lowest BCUT2D eigenvalue weighted by atomic mass is 10.1. The van der Waals surface area contributed by atoms with Crippen LogP contribution in [0.25, 0.3) is 0 Å². The number of benzene rings is 2. The predicted octanol–water partition coefficient (Wildman–Crippen LogP) is 4.12. The zero-order valence-corrected chi connectivity index (χ0v) is 20.3. The van der Waals surface area contributed by atoms with Crippen molar-refractivity contribution in [2.75, 3.05) is 13.7 Å². The summed E-state index contributed by atoms with van der Waals surface area (Å²) in [7, 11) is -2.79. The Morgan fingerprint density at radius 1 is 1.12 bits per heavy atom. The quantitative estimate of drug-likeness (QED) is 0.455. The molecule has 0 fully saturated rings. The average Bonchev–Trinajstić information content (AvgIpc) is 2.77. The lowest BCUT2D eigenvalue weighted by Gasteiger charge is -2.25. The van der Waals surface area contributed by atoms with Gasteiger partial charge in [-0.05, 0) is 36.2 Å². The van der Waals surface area contributed by atoms with E-state index in [4.69, 9.17) is 4.74 Å². The third kappa shape index (κ3) is 4.95. The number of halogens is 1. The molecule has 0 radical (unpaired) electrons. The second kappa shape index (κ2) is 10.4. The van der Waals surface area contributed by atoms with Gasteiger partial charge in [-0.15, -0.1) is 0 Å². The van der Waals surface area contributed by atoms with Crippen molar-refractivity contribution in [2.24, 2.45) is 0 Å². The van der Waals surface area contributed by atoms with Crippen molar-refractivity contribution in [1.82, 2.24) is 9.55 Å². The van der Waals surface area contributed by atoms with Crippen LogP contribution in [0, 0.1) is 0 Å². The molecule has 3 aromatic rings. The Morgan fingerprint density at radius 3 is 2.38 bits per heavy atom. The fraction of sp³-hybridized carbons (Fsp3) is 0.304. The number of aryl methyl sites for hydroxylation is 1. The summed E-state index contributed by atoms with van der Waals surface area (Å²) in [6.45, 7) is 2.15. The van der Waals surface area contributed by atoms with Gasteiger partial charge in [0.2, 0.25) is 15.7 Å². The lowest BCUT2D eigenvalue weighted by molar-refractivity contribution is 0.161. The van der Waals surface area contributed by atoms with Crippen molar-refractivity contribution in [3.63, 3.8) is 0 Å². The number of methoxy groups -OCH3 is 1. The molecule has 0 amide bonds. The summed E-state index contributed by atoms with van der Waals surface area (Å²) in [5.41, 5.74) is -0.183. The smallest absolute Gasteiger partial charge is 0.296 e. The maximum absolute atomic E-state index is 13.3. The molecule has 1 N–H and O–H groups in total. The van der Waals surface area contributed by atoms with Crippen LogP contribution >= 0.6 is 15.9 Å². The minimum Gasteiger partial charge on any atom is -0.493 e. The molecular weight excluding hydrogens is 496 g/mol. The van der Waals surface area contributed by atoms with Gasteiger partial charge in [0.25, 0.3) is 5.56 Å². The van der Waals surface area contributed by atoms with Crippen molar-refractivity contribution in [3.05, 3.63) is 80.8 Å². The Balaban J connectivity index is 2.29. The minimum absolute atomic E-state index is 0.106. The third-order valence-corrected chi connectivity index (χ3v) is 7.42. The van der Waals surface area contributed by atoms with Crippen molar-refractivity contribution in [3.8, 4) is 5.88 Å². The van der Waals surface area contributed by atoms with E-state index in [1.807, 2.05) is 37.3 Å². The van der Waals surface area contributed by atoms with E-state index in [9.17, 15) is 18.3 Å². The molecule has 1 unspecified atom stereocenters. The fourth-order valence-electron chi connectivity index (χ4n) is 3.51. The number of ether oxygens (including phenoxy) is 1. The largest absolute Gasteiger partial charge is 0.493 e. The number of unbranched alkanes of at least 4 members (excludes halogenated alkanes) is 1. The molecule has 2 aromatic carbocycles. The van der Waals surface area contributed by atoms with Crippen LogP contribution in [0.3, 0.4) is 0 Å². The topological polar surface area (TPSA) is 98.5 Å². The first-order valence-corrected chi connectivity index (χ1v) is 12.5. The standard InChI is InChI=1S/C23H25BrN2O5S/c1-3-4-10-20-25-22(27)21(32(29,30)18-13-11-17(24)12-14-18)23(28)26(20)19(15-31-2)16-8-6-5-7-9-16/h5-9,11-14,19,28H,3-4,10,15H2,1-2H3. The normalized spacial score (nSPS) is 12.6. The molecule has 0 aliphatic carbocycles. The monoisotopic (exact) mass is 520 g/mol. The van der Waals surface area contributed by atoms with E-state index in [1.54, 1.807) is 12.1 Å². The maximum atomic E-state index is 13.3. The highest BCUT2D eigenvalue weighted by atomic mass is 79.9.